The Kier molecular flexibility index (Phi) is 8.20. The molecule has 0 unspecified atom stereocenters. The molecule has 1 heterocycles. The van der Waals surface area contributed by atoms with Gasteiger partial charge >= 0.3 is 0 Å². The van der Waals surface area contributed by atoms with E-state index >= 15 is 0 Å². The average molecular weight is 454 g/mol. The first-order valence-corrected chi connectivity index (χ1v) is 10.8. The lowest BCUT2D eigenvalue weighted by atomic mass is 9.88. The van der Waals surface area contributed by atoms with Gasteiger partial charge in [0.1, 0.15) is 5.78 Å². The molecule has 1 amide bonds. The highest BCUT2D eigenvalue weighted by Gasteiger charge is 2.36. The second kappa shape index (κ2) is 11.3. The van der Waals surface area contributed by atoms with E-state index in [9.17, 15) is 29.8 Å². The Morgan fingerprint density at radius 1 is 0.848 bits per heavy atom. The summed E-state index contributed by atoms with van der Waals surface area (Å²) in [5.74, 6) is -0.928. The predicted octanol–water partition coefficient (Wildman–Crippen LogP) is 2.59. The summed E-state index contributed by atoms with van der Waals surface area (Å²) in [6, 6.07) is 12.5. The average Bonchev–Trinajstić information content (AvgIpc) is 3.30. The van der Waals surface area contributed by atoms with Crippen molar-refractivity contribution in [2.45, 2.75) is 25.7 Å². The first-order valence-electron chi connectivity index (χ1n) is 10.8. The molecule has 174 valence electrons. The Bertz CT molecular complexity index is 925. The number of nitrogens with zero attached hydrogens (tertiary/aromatic N) is 2. The lowest BCUT2D eigenvalue weighted by molar-refractivity contribution is -0.385. The summed E-state index contributed by atoms with van der Waals surface area (Å²) in [5, 5.41) is 27.4. The number of carbonyl (C=O) groups excluding carboxylic acids is 2. The van der Waals surface area contributed by atoms with Gasteiger partial charge in [0.15, 0.2) is 0 Å². The van der Waals surface area contributed by atoms with E-state index in [4.69, 9.17) is 0 Å². The molecule has 0 spiro atoms. The van der Waals surface area contributed by atoms with E-state index in [1.165, 1.54) is 24.3 Å². The maximum atomic E-state index is 12.7. The minimum Gasteiger partial charge on any atom is -0.355 e. The van der Waals surface area contributed by atoms with E-state index in [-0.39, 0.29) is 29.0 Å². The van der Waals surface area contributed by atoms with Crippen LogP contribution in [0.15, 0.2) is 48.5 Å². The van der Waals surface area contributed by atoms with Gasteiger partial charge in [0.05, 0.1) is 15.8 Å². The molecular formula is C23H26N4O6. The van der Waals surface area contributed by atoms with Crippen LogP contribution < -0.4 is 10.6 Å². The molecule has 3 rings (SSSR count). The highest BCUT2D eigenvalue weighted by molar-refractivity contribution is 5.89. The highest BCUT2D eigenvalue weighted by Crippen LogP contribution is 2.21. The number of hydrogen-bond acceptors (Lipinski definition) is 7. The zero-order valence-electron chi connectivity index (χ0n) is 18.1. The van der Waals surface area contributed by atoms with E-state index in [1.807, 2.05) is 0 Å². The molecular weight excluding hydrogens is 428 g/mol. The van der Waals surface area contributed by atoms with Gasteiger partial charge in [-0.1, -0.05) is 24.3 Å². The van der Waals surface area contributed by atoms with Crippen LogP contribution >= 0.6 is 0 Å². The fourth-order valence-corrected chi connectivity index (χ4v) is 3.97. The zero-order valence-corrected chi connectivity index (χ0v) is 18.1. The van der Waals surface area contributed by atoms with E-state index in [0.29, 0.717) is 45.3 Å². The summed E-state index contributed by atoms with van der Waals surface area (Å²) in [5.41, 5.74) is 1.87. The number of amides is 1. The number of nitro benzene ring substituents is 2. The number of rotatable bonds is 11. The molecule has 0 bridgehead atoms. The van der Waals surface area contributed by atoms with Crippen LogP contribution in [0.2, 0.25) is 0 Å². The lowest BCUT2D eigenvalue weighted by Gasteiger charge is -2.17. The molecule has 0 saturated carbocycles. The Labute approximate surface area is 190 Å². The van der Waals surface area contributed by atoms with Crippen molar-refractivity contribution in [1.29, 1.82) is 0 Å². The normalized spacial score (nSPS) is 17.5. The van der Waals surface area contributed by atoms with E-state index in [0.717, 1.165) is 11.1 Å². The van der Waals surface area contributed by atoms with Gasteiger partial charge in [-0.2, -0.15) is 0 Å². The van der Waals surface area contributed by atoms with Gasteiger partial charge < -0.3 is 10.6 Å². The maximum absolute atomic E-state index is 12.7. The number of ketones is 1. The first-order chi connectivity index (χ1) is 15.8. The third kappa shape index (κ3) is 6.66. The fourth-order valence-electron chi connectivity index (χ4n) is 3.97. The Morgan fingerprint density at radius 3 is 1.91 bits per heavy atom. The van der Waals surface area contributed by atoms with Crippen molar-refractivity contribution >= 4 is 23.1 Å². The molecule has 10 heteroatoms. The topological polar surface area (TPSA) is 144 Å². The predicted molar refractivity (Wildman–Crippen MR) is 121 cm³/mol. The molecule has 1 aliphatic rings. The van der Waals surface area contributed by atoms with E-state index in [1.54, 1.807) is 24.3 Å². The van der Waals surface area contributed by atoms with Crippen LogP contribution in [0, 0.1) is 32.1 Å². The molecule has 1 aliphatic heterocycles. The highest BCUT2D eigenvalue weighted by atomic mass is 16.6. The lowest BCUT2D eigenvalue weighted by Crippen LogP contribution is -2.38. The summed E-state index contributed by atoms with van der Waals surface area (Å²) in [6.07, 6.45) is 2.13. The Balaban J connectivity index is 1.42. The van der Waals surface area contributed by atoms with Crippen LogP contribution in [0.4, 0.5) is 11.4 Å². The standard InChI is InChI=1S/C23H26N4O6/c28-22(3-1-2-16-4-8-18(9-5-16)26(30)31)20-14-24-15-21(20)23(29)25-13-12-17-6-10-19(11-7-17)27(32)33/h4-11,20-21,24H,1-3,12-15H2,(H,25,29)/t20-,21-/m1/s1. The zero-order chi connectivity index (χ0) is 23.8. The fraction of sp³-hybridized carbons (Fsp3) is 0.391. The molecule has 2 N–H and O–H groups in total. The molecule has 2 aromatic rings. The van der Waals surface area contributed by atoms with E-state index < -0.39 is 15.8 Å². The number of nitrogens with one attached hydrogen (secondary N) is 2. The number of benzene rings is 2. The van der Waals surface area contributed by atoms with Crippen molar-refractivity contribution in [2.24, 2.45) is 11.8 Å². The first kappa shape index (κ1) is 24.0. The van der Waals surface area contributed by atoms with Gasteiger partial charge in [0.2, 0.25) is 5.91 Å². The summed E-state index contributed by atoms with van der Waals surface area (Å²) in [6.45, 7) is 1.30. The van der Waals surface area contributed by atoms with Crippen LogP contribution in [-0.2, 0) is 22.4 Å². The summed E-state index contributed by atoms with van der Waals surface area (Å²) >= 11 is 0. The molecule has 33 heavy (non-hydrogen) atoms. The smallest absolute Gasteiger partial charge is 0.269 e. The number of hydrogen-bond donors (Lipinski definition) is 2. The minimum atomic E-state index is -0.457. The molecule has 10 nitrogen and oxygen atoms in total. The SMILES string of the molecule is O=C(CCCc1ccc([N+](=O)[O-])cc1)[C@@H]1CNC[C@H]1C(=O)NCCc1ccc([N+](=O)[O-])cc1. The molecule has 0 aliphatic carbocycles. The number of non-ortho nitro benzene ring substituents is 2. The second-order valence-electron chi connectivity index (χ2n) is 8.08. The van der Waals surface area contributed by atoms with Crippen LogP contribution in [0.3, 0.4) is 0 Å². The van der Waals surface area contributed by atoms with Crippen molar-refractivity contribution in [3.63, 3.8) is 0 Å². The van der Waals surface area contributed by atoms with Crippen LogP contribution in [0.5, 0.6) is 0 Å². The molecule has 2 aromatic carbocycles. The molecule has 0 radical (unpaired) electrons. The number of Topliss-reactive ketones (excluding diaryl/α,β-unsaturated/α-hetero) is 1. The van der Waals surface area contributed by atoms with Gasteiger partial charge in [0, 0.05) is 56.2 Å². The van der Waals surface area contributed by atoms with Crippen molar-refractivity contribution < 1.29 is 19.4 Å². The quantitative estimate of drug-likeness (QED) is 0.392. The van der Waals surface area contributed by atoms with Crippen molar-refractivity contribution in [3.05, 3.63) is 79.9 Å². The van der Waals surface area contributed by atoms with Crippen molar-refractivity contribution in [3.8, 4) is 0 Å². The van der Waals surface area contributed by atoms with Gasteiger partial charge in [-0.25, -0.2) is 0 Å². The largest absolute Gasteiger partial charge is 0.355 e. The third-order valence-electron chi connectivity index (χ3n) is 5.86. The van der Waals surface area contributed by atoms with Gasteiger partial charge in [0.25, 0.3) is 11.4 Å². The van der Waals surface area contributed by atoms with Crippen LogP contribution in [0.25, 0.3) is 0 Å². The van der Waals surface area contributed by atoms with Gasteiger partial charge in [-0.15, -0.1) is 0 Å². The Hall–Kier alpha value is -3.66. The van der Waals surface area contributed by atoms with Gasteiger partial charge in [-0.05, 0) is 30.4 Å². The number of aryl methyl sites for hydroxylation is 1. The van der Waals surface area contributed by atoms with Crippen molar-refractivity contribution in [1.82, 2.24) is 10.6 Å². The summed E-state index contributed by atoms with van der Waals surface area (Å²) in [7, 11) is 0. The third-order valence-corrected chi connectivity index (χ3v) is 5.86. The van der Waals surface area contributed by atoms with Crippen LogP contribution in [-0.4, -0.2) is 41.2 Å². The second-order valence-corrected chi connectivity index (χ2v) is 8.08. The minimum absolute atomic E-state index is 0.0229. The van der Waals surface area contributed by atoms with Crippen LogP contribution in [0.1, 0.15) is 24.0 Å². The summed E-state index contributed by atoms with van der Waals surface area (Å²) in [4.78, 5) is 45.9. The number of carbonyl (C=O) groups is 2. The number of nitro groups is 2. The van der Waals surface area contributed by atoms with E-state index in [2.05, 4.69) is 10.6 Å². The molecule has 2 atom stereocenters. The molecule has 0 aromatic heterocycles. The summed E-state index contributed by atoms with van der Waals surface area (Å²) < 4.78 is 0. The molecule has 1 saturated heterocycles. The molecule has 1 fully saturated rings. The maximum Gasteiger partial charge on any atom is 0.269 e. The van der Waals surface area contributed by atoms with Gasteiger partial charge in [-0.3, -0.25) is 29.8 Å². The van der Waals surface area contributed by atoms with Crippen molar-refractivity contribution in [2.75, 3.05) is 19.6 Å². The Morgan fingerprint density at radius 2 is 1.36 bits per heavy atom. The monoisotopic (exact) mass is 454 g/mol.